The standard InChI is InChI=1S/C23H22N2O4S2/c1-4-23(29-13(2)31-30-3)17-10-19-20-15(9-14-7-5-6-8-18(14)24-20)11-25(19)21(26)16(17)12-28-22(23)27/h5-10,13H,4,11-12H2,1-3H3/t13?,23-/m0/s1. The van der Waals surface area contributed by atoms with Crippen LogP contribution in [0.25, 0.3) is 22.3 Å². The van der Waals surface area contributed by atoms with Gasteiger partial charge in [-0.2, -0.15) is 0 Å². The van der Waals surface area contributed by atoms with Gasteiger partial charge in [0.1, 0.15) is 12.0 Å². The topological polar surface area (TPSA) is 70.4 Å². The van der Waals surface area contributed by atoms with E-state index in [1.54, 1.807) is 15.4 Å². The molecule has 0 radical (unpaired) electrons. The number of ether oxygens (including phenoxy) is 2. The zero-order valence-electron chi connectivity index (χ0n) is 17.5. The molecule has 8 heteroatoms. The summed E-state index contributed by atoms with van der Waals surface area (Å²) in [5, 5.41) is 1.04. The summed E-state index contributed by atoms with van der Waals surface area (Å²) >= 11 is 0. The average molecular weight is 455 g/mol. The molecular weight excluding hydrogens is 432 g/mol. The van der Waals surface area contributed by atoms with E-state index in [1.165, 1.54) is 10.8 Å². The van der Waals surface area contributed by atoms with Gasteiger partial charge in [-0.25, -0.2) is 9.78 Å². The monoisotopic (exact) mass is 454 g/mol. The van der Waals surface area contributed by atoms with E-state index in [1.807, 2.05) is 50.4 Å². The molecule has 2 aliphatic rings. The molecule has 0 saturated heterocycles. The highest BCUT2D eigenvalue weighted by atomic mass is 33.1. The van der Waals surface area contributed by atoms with Crippen LogP contribution in [0.1, 0.15) is 37.0 Å². The summed E-state index contributed by atoms with van der Waals surface area (Å²) < 4.78 is 13.5. The molecule has 0 aliphatic carbocycles. The van der Waals surface area contributed by atoms with Crippen molar-refractivity contribution in [2.45, 2.75) is 44.5 Å². The van der Waals surface area contributed by atoms with Gasteiger partial charge in [0.15, 0.2) is 5.60 Å². The fraction of sp³-hybridized carbons (Fsp3) is 0.348. The zero-order chi connectivity index (χ0) is 21.8. The van der Waals surface area contributed by atoms with Crippen molar-refractivity contribution < 1.29 is 14.3 Å². The summed E-state index contributed by atoms with van der Waals surface area (Å²) in [6.45, 7) is 4.22. The van der Waals surface area contributed by atoms with Gasteiger partial charge in [-0.15, -0.1) is 0 Å². The third kappa shape index (κ3) is 3.11. The molecule has 0 spiro atoms. The first-order chi connectivity index (χ1) is 15.0. The quantitative estimate of drug-likeness (QED) is 0.250. The number of benzene rings is 1. The van der Waals surface area contributed by atoms with Crippen molar-refractivity contribution in [3.8, 4) is 11.4 Å². The molecule has 1 aromatic carbocycles. The predicted molar refractivity (Wildman–Crippen MR) is 124 cm³/mol. The molecule has 2 atom stereocenters. The van der Waals surface area contributed by atoms with E-state index in [2.05, 4.69) is 6.07 Å². The van der Waals surface area contributed by atoms with E-state index in [0.29, 0.717) is 24.1 Å². The minimum absolute atomic E-state index is 0.0335. The molecule has 0 saturated carbocycles. The zero-order valence-corrected chi connectivity index (χ0v) is 19.1. The highest BCUT2D eigenvalue weighted by Gasteiger charge is 2.49. The van der Waals surface area contributed by atoms with E-state index in [0.717, 1.165) is 27.9 Å². The van der Waals surface area contributed by atoms with Crippen molar-refractivity contribution in [3.05, 3.63) is 63.4 Å². The number of esters is 1. The van der Waals surface area contributed by atoms with Crippen LogP contribution < -0.4 is 5.56 Å². The molecule has 2 aromatic heterocycles. The Hall–Kier alpha value is -2.29. The Labute approximate surface area is 187 Å². The van der Waals surface area contributed by atoms with E-state index < -0.39 is 11.6 Å². The number of hydrogen-bond donors (Lipinski definition) is 0. The first kappa shape index (κ1) is 20.6. The lowest BCUT2D eigenvalue weighted by atomic mass is 9.85. The largest absolute Gasteiger partial charge is 0.458 e. The first-order valence-electron chi connectivity index (χ1n) is 10.2. The van der Waals surface area contributed by atoms with Crippen molar-refractivity contribution in [1.82, 2.24) is 9.55 Å². The molecule has 3 aromatic rings. The van der Waals surface area contributed by atoms with E-state index in [4.69, 9.17) is 14.5 Å². The lowest BCUT2D eigenvalue weighted by Crippen LogP contribution is -2.47. The minimum atomic E-state index is -1.30. The Morgan fingerprint density at radius 1 is 1.29 bits per heavy atom. The van der Waals surface area contributed by atoms with Gasteiger partial charge in [-0.05, 0) is 37.8 Å². The number of fused-ring (bicyclic) bond motifs is 5. The van der Waals surface area contributed by atoms with Crippen molar-refractivity contribution in [2.75, 3.05) is 6.26 Å². The van der Waals surface area contributed by atoms with Gasteiger partial charge in [0.05, 0.1) is 29.0 Å². The fourth-order valence-electron chi connectivity index (χ4n) is 4.55. The normalized spacial score (nSPS) is 20.2. The summed E-state index contributed by atoms with van der Waals surface area (Å²) in [5.74, 6) is -0.440. The van der Waals surface area contributed by atoms with Gasteiger partial charge in [0.25, 0.3) is 5.56 Å². The van der Waals surface area contributed by atoms with Crippen LogP contribution in [-0.4, -0.2) is 27.2 Å². The predicted octanol–water partition coefficient (Wildman–Crippen LogP) is 4.46. The van der Waals surface area contributed by atoms with Gasteiger partial charge in [-0.1, -0.05) is 46.7 Å². The van der Waals surface area contributed by atoms with Crippen molar-refractivity contribution in [2.24, 2.45) is 0 Å². The molecule has 4 heterocycles. The van der Waals surface area contributed by atoms with Crippen molar-refractivity contribution >= 4 is 38.5 Å². The van der Waals surface area contributed by atoms with Crippen LogP contribution in [0.2, 0.25) is 0 Å². The van der Waals surface area contributed by atoms with Gasteiger partial charge >= 0.3 is 5.97 Å². The number of rotatable bonds is 5. The lowest BCUT2D eigenvalue weighted by molar-refractivity contribution is -0.182. The smallest absolute Gasteiger partial charge is 0.343 e. The van der Waals surface area contributed by atoms with Crippen LogP contribution in [0.5, 0.6) is 0 Å². The highest BCUT2D eigenvalue weighted by molar-refractivity contribution is 8.76. The molecule has 0 fully saturated rings. The number of hydrogen-bond acceptors (Lipinski definition) is 7. The number of carbonyl (C=O) groups excluding carboxylic acids is 1. The SMILES string of the molecule is CC[C@@]1(OC(C)SSC)C(=O)OCc2c1cc1n(c2=O)Cc2cc3ccccc3nc2-1. The number of aromatic nitrogens is 2. The molecule has 31 heavy (non-hydrogen) atoms. The molecule has 0 N–H and O–H groups in total. The van der Waals surface area contributed by atoms with Crippen molar-refractivity contribution in [1.29, 1.82) is 0 Å². The maximum Gasteiger partial charge on any atom is 0.343 e. The highest BCUT2D eigenvalue weighted by Crippen LogP contribution is 2.43. The summed E-state index contributed by atoms with van der Waals surface area (Å²) in [7, 11) is 3.09. The van der Waals surface area contributed by atoms with Crippen LogP contribution in [-0.2, 0) is 33.0 Å². The van der Waals surface area contributed by atoms with Crippen molar-refractivity contribution in [3.63, 3.8) is 0 Å². The Morgan fingerprint density at radius 3 is 2.87 bits per heavy atom. The third-order valence-corrected chi connectivity index (χ3v) is 7.93. The molecule has 160 valence electrons. The van der Waals surface area contributed by atoms with Gasteiger partial charge in [-0.3, -0.25) is 4.79 Å². The Bertz CT molecular complexity index is 1270. The Morgan fingerprint density at radius 2 is 2.10 bits per heavy atom. The molecule has 5 rings (SSSR count). The van der Waals surface area contributed by atoms with Gasteiger partial charge in [0.2, 0.25) is 0 Å². The number of cyclic esters (lactones) is 1. The van der Waals surface area contributed by atoms with Gasteiger partial charge < -0.3 is 14.0 Å². The molecule has 2 aliphatic heterocycles. The fourth-order valence-corrected chi connectivity index (χ4v) is 5.95. The second-order valence-electron chi connectivity index (χ2n) is 7.71. The number of carbonyl (C=O) groups is 1. The maximum atomic E-state index is 13.5. The van der Waals surface area contributed by atoms with Crippen LogP contribution in [0, 0.1) is 0 Å². The van der Waals surface area contributed by atoms with Crippen LogP contribution in [0.15, 0.2) is 41.2 Å². The summed E-state index contributed by atoms with van der Waals surface area (Å²) in [5.41, 5.74) is 2.79. The van der Waals surface area contributed by atoms with Crippen LogP contribution in [0.4, 0.5) is 0 Å². The number of nitrogens with zero attached hydrogens (tertiary/aromatic N) is 2. The van der Waals surface area contributed by atoms with Crippen LogP contribution >= 0.6 is 21.6 Å². The lowest BCUT2D eigenvalue weighted by Gasteiger charge is -2.37. The molecule has 0 amide bonds. The molecule has 0 bridgehead atoms. The summed E-state index contributed by atoms with van der Waals surface area (Å²) in [6.07, 6.45) is 2.33. The second kappa shape index (κ2) is 7.69. The molecule has 6 nitrogen and oxygen atoms in total. The summed E-state index contributed by atoms with van der Waals surface area (Å²) in [4.78, 5) is 31.3. The van der Waals surface area contributed by atoms with Gasteiger partial charge in [0, 0.05) is 16.5 Å². The number of para-hydroxylation sites is 1. The minimum Gasteiger partial charge on any atom is -0.458 e. The summed E-state index contributed by atoms with van der Waals surface area (Å²) in [6, 6.07) is 11.9. The molecular formula is C23H22N2O4S2. The third-order valence-electron chi connectivity index (χ3n) is 5.98. The maximum absolute atomic E-state index is 13.5. The first-order valence-corrected chi connectivity index (χ1v) is 12.8. The van der Waals surface area contributed by atoms with Crippen LogP contribution in [0.3, 0.4) is 0 Å². The Kier molecular flexibility index (Phi) is 5.11. The van der Waals surface area contributed by atoms with E-state index >= 15 is 0 Å². The average Bonchev–Trinajstić information content (AvgIpc) is 3.12. The second-order valence-corrected chi connectivity index (χ2v) is 10.5. The van der Waals surface area contributed by atoms with E-state index in [9.17, 15) is 9.59 Å². The molecule has 1 unspecified atom stereocenters. The number of pyridine rings is 2. The Balaban J connectivity index is 1.72. The van der Waals surface area contributed by atoms with E-state index in [-0.39, 0.29) is 17.6 Å².